The number of hydrogen-bond donors (Lipinski definition) is 1. The molecule has 0 bridgehead atoms. The number of benzene rings is 1. The van der Waals surface area contributed by atoms with Crippen molar-refractivity contribution in [2.45, 2.75) is 0 Å². The Kier molecular flexibility index (Phi) is 2.85. The lowest BCUT2D eigenvalue weighted by Gasteiger charge is -1.90. The lowest BCUT2D eigenvalue weighted by molar-refractivity contribution is 1.31. The Morgan fingerprint density at radius 1 is 1.24 bits per heavy atom. The molecule has 17 heavy (non-hydrogen) atoms. The Balaban J connectivity index is 1.77. The Bertz CT molecular complexity index is 608. The Hall–Kier alpha value is -1.72. The van der Waals surface area contributed by atoms with Crippen LogP contribution in [-0.4, -0.2) is 11.2 Å². The number of para-hydroxylation sites is 1. The molecule has 0 atom stereocenters. The summed E-state index contributed by atoms with van der Waals surface area (Å²) in [6, 6.07) is 10.1. The van der Waals surface area contributed by atoms with Crippen LogP contribution in [0.1, 0.15) is 5.56 Å². The zero-order valence-corrected chi connectivity index (χ0v) is 10.5. The maximum absolute atomic E-state index is 4.43. The number of nitrogens with one attached hydrogen (secondary N) is 1. The van der Waals surface area contributed by atoms with Crippen molar-refractivity contribution in [3.8, 4) is 0 Å². The molecule has 1 aromatic carbocycles. The van der Waals surface area contributed by atoms with Gasteiger partial charge in [-0.1, -0.05) is 23.5 Å². The molecular weight excluding hydrogens is 250 g/mol. The number of hydrazone groups is 1. The molecule has 0 saturated carbocycles. The van der Waals surface area contributed by atoms with Crippen molar-refractivity contribution < 1.29 is 0 Å². The zero-order chi connectivity index (χ0) is 11.5. The number of thiazole rings is 1. The highest BCUT2D eigenvalue weighted by Gasteiger charge is 2.00. The molecule has 0 amide bonds. The number of fused-ring (bicyclic) bond motifs is 1. The van der Waals surface area contributed by atoms with E-state index in [2.05, 4.69) is 21.6 Å². The van der Waals surface area contributed by atoms with E-state index in [-0.39, 0.29) is 0 Å². The summed E-state index contributed by atoms with van der Waals surface area (Å²) in [6.07, 6.45) is 1.79. The van der Waals surface area contributed by atoms with Gasteiger partial charge in [0.05, 0.1) is 16.4 Å². The van der Waals surface area contributed by atoms with Crippen LogP contribution in [0.3, 0.4) is 0 Å². The van der Waals surface area contributed by atoms with Crippen LogP contribution in [0.2, 0.25) is 0 Å². The van der Waals surface area contributed by atoms with Crippen LogP contribution in [0.25, 0.3) is 10.2 Å². The molecule has 84 valence electrons. The normalized spacial score (nSPS) is 11.3. The highest BCUT2D eigenvalue weighted by Crippen LogP contribution is 2.25. The van der Waals surface area contributed by atoms with Gasteiger partial charge in [-0.05, 0) is 29.0 Å². The van der Waals surface area contributed by atoms with Gasteiger partial charge in [-0.15, -0.1) is 0 Å². The van der Waals surface area contributed by atoms with Crippen LogP contribution >= 0.6 is 22.7 Å². The van der Waals surface area contributed by atoms with Crippen LogP contribution in [-0.2, 0) is 0 Å². The molecule has 3 rings (SSSR count). The topological polar surface area (TPSA) is 37.3 Å². The van der Waals surface area contributed by atoms with Crippen molar-refractivity contribution in [1.82, 2.24) is 4.98 Å². The summed E-state index contributed by atoms with van der Waals surface area (Å²) < 4.78 is 1.17. The van der Waals surface area contributed by atoms with E-state index in [1.165, 1.54) is 4.70 Å². The SMILES string of the molecule is C(=N\Nc1nc2ccccc2s1)/c1ccsc1. The van der Waals surface area contributed by atoms with Gasteiger partial charge in [-0.25, -0.2) is 4.98 Å². The Morgan fingerprint density at radius 2 is 2.18 bits per heavy atom. The third-order valence-corrected chi connectivity index (χ3v) is 3.85. The minimum atomic E-state index is 0.817. The molecule has 3 aromatic rings. The van der Waals surface area contributed by atoms with Crippen molar-refractivity contribution >= 4 is 44.2 Å². The van der Waals surface area contributed by atoms with Gasteiger partial charge in [0.25, 0.3) is 0 Å². The third-order valence-electron chi connectivity index (χ3n) is 2.21. The molecule has 3 nitrogen and oxygen atoms in total. The minimum absolute atomic E-state index is 0.817. The molecule has 0 aliphatic rings. The summed E-state index contributed by atoms with van der Waals surface area (Å²) in [4.78, 5) is 4.43. The predicted octanol–water partition coefficient (Wildman–Crippen LogP) is 3.80. The van der Waals surface area contributed by atoms with Gasteiger partial charge in [-0.2, -0.15) is 16.4 Å². The van der Waals surface area contributed by atoms with E-state index in [4.69, 9.17) is 0 Å². The largest absolute Gasteiger partial charge is 0.253 e. The lowest BCUT2D eigenvalue weighted by atomic mass is 10.3. The maximum atomic E-state index is 4.43. The van der Waals surface area contributed by atoms with E-state index in [0.717, 1.165) is 16.2 Å². The van der Waals surface area contributed by atoms with E-state index in [1.807, 2.05) is 35.0 Å². The van der Waals surface area contributed by atoms with Crippen LogP contribution < -0.4 is 5.43 Å². The second-order valence-electron chi connectivity index (χ2n) is 3.41. The highest BCUT2D eigenvalue weighted by molar-refractivity contribution is 7.22. The average molecular weight is 259 g/mol. The van der Waals surface area contributed by atoms with Crippen molar-refractivity contribution in [2.24, 2.45) is 5.10 Å². The first kappa shape index (κ1) is 10.4. The second kappa shape index (κ2) is 4.65. The predicted molar refractivity (Wildman–Crippen MR) is 75.2 cm³/mol. The smallest absolute Gasteiger partial charge is 0.204 e. The summed E-state index contributed by atoms with van der Waals surface area (Å²) in [6.45, 7) is 0. The summed E-state index contributed by atoms with van der Waals surface area (Å²) in [5, 5.41) is 9.05. The monoisotopic (exact) mass is 259 g/mol. The van der Waals surface area contributed by atoms with E-state index in [0.29, 0.717) is 0 Å². The van der Waals surface area contributed by atoms with E-state index >= 15 is 0 Å². The van der Waals surface area contributed by atoms with Crippen molar-refractivity contribution in [3.63, 3.8) is 0 Å². The number of hydrogen-bond acceptors (Lipinski definition) is 5. The number of anilines is 1. The van der Waals surface area contributed by atoms with Gasteiger partial charge < -0.3 is 0 Å². The fourth-order valence-electron chi connectivity index (χ4n) is 1.43. The highest BCUT2D eigenvalue weighted by atomic mass is 32.1. The van der Waals surface area contributed by atoms with Crippen molar-refractivity contribution in [2.75, 3.05) is 5.43 Å². The standard InChI is InChI=1S/C12H9N3S2/c1-2-4-11-10(3-1)14-12(17-11)15-13-7-9-5-6-16-8-9/h1-8H,(H,14,15)/b13-7+. The summed E-state index contributed by atoms with van der Waals surface area (Å²) in [5.41, 5.74) is 5.06. The van der Waals surface area contributed by atoms with Gasteiger partial charge >= 0.3 is 0 Å². The first-order valence-electron chi connectivity index (χ1n) is 5.09. The number of nitrogens with zero attached hydrogens (tertiary/aromatic N) is 2. The van der Waals surface area contributed by atoms with E-state index < -0.39 is 0 Å². The molecule has 5 heteroatoms. The number of thiophene rings is 1. The quantitative estimate of drug-likeness (QED) is 0.573. The first-order valence-corrected chi connectivity index (χ1v) is 6.84. The molecule has 0 spiro atoms. The fourth-order valence-corrected chi connectivity index (χ4v) is 2.86. The molecule has 0 saturated heterocycles. The second-order valence-corrected chi connectivity index (χ2v) is 5.22. The summed E-state index contributed by atoms with van der Waals surface area (Å²) in [7, 11) is 0. The van der Waals surface area contributed by atoms with Crippen molar-refractivity contribution in [3.05, 3.63) is 46.7 Å². The van der Waals surface area contributed by atoms with Crippen LogP contribution in [0.4, 0.5) is 5.13 Å². The van der Waals surface area contributed by atoms with Gasteiger partial charge in [0.1, 0.15) is 0 Å². The third kappa shape index (κ3) is 2.35. The summed E-state index contributed by atoms with van der Waals surface area (Å²) >= 11 is 3.26. The Morgan fingerprint density at radius 3 is 3.00 bits per heavy atom. The molecular formula is C12H9N3S2. The van der Waals surface area contributed by atoms with Crippen LogP contribution in [0.5, 0.6) is 0 Å². The zero-order valence-electron chi connectivity index (χ0n) is 8.83. The van der Waals surface area contributed by atoms with Gasteiger partial charge in [0, 0.05) is 5.56 Å². The number of aromatic nitrogens is 1. The fraction of sp³-hybridized carbons (Fsp3) is 0. The van der Waals surface area contributed by atoms with Crippen LogP contribution in [0, 0.1) is 0 Å². The van der Waals surface area contributed by atoms with E-state index in [9.17, 15) is 0 Å². The summed E-state index contributed by atoms with van der Waals surface area (Å²) in [5.74, 6) is 0. The van der Waals surface area contributed by atoms with Gasteiger partial charge in [-0.3, -0.25) is 5.43 Å². The maximum Gasteiger partial charge on any atom is 0.204 e. The van der Waals surface area contributed by atoms with Gasteiger partial charge in [0.2, 0.25) is 5.13 Å². The number of rotatable bonds is 3. The molecule has 2 aromatic heterocycles. The molecule has 0 fully saturated rings. The minimum Gasteiger partial charge on any atom is -0.253 e. The molecule has 0 aliphatic heterocycles. The Labute approximate surface area is 106 Å². The first-order chi connectivity index (χ1) is 8.42. The molecule has 1 N–H and O–H groups in total. The van der Waals surface area contributed by atoms with E-state index in [1.54, 1.807) is 28.9 Å². The lowest BCUT2D eigenvalue weighted by Crippen LogP contribution is -1.87. The molecule has 0 aliphatic carbocycles. The van der Waals surface area contributed by atoms with Crippen molar-refractivity contribution in [1.29, 1.82) is 0 Å². The molecule has 2 heterocycles. The van der Waals surface area contributed by atoms with Crippen LogP contribution in [0.15, 0.2) is 46.2 Å². The van der Waals surface area contributed by atoms with Gasteiger partial charge in [0.15, 0.2) is 0 Å². The molecule has 0 unspecified atom stereocenters. The average Bonchev–Trinajstić information content (AvgIpc) is 2.96. The molecule has 0 radical (unpaired) electrons.